The molecule has 7 heteroatoms. The molecule has 1 aliphatic rings. The lowest BCUT2D eigenvalue weighted by atomic mass is 9.95. The van der Waals surface area contributed by atoms with Gasteiger partial charge in [-0.05, 0) is 35.6 Å². The molecule has 0 aliphatic carbocycles. The summed E-state index contributed by atoms with van der Waals surface area (Å²) in [7, 11) is -3.55. The molecular formula is C15H20ClNO4S. The van der Waals surface area contributed by atoms with E-state index in [-0.39, 0.29) is 11.7 Å². The Morgan fingerprint density at radius 3 is 2.86 bits per heavy atom. The Hall–Kier alpha value is -1.11. The maximum atomic E-state index is 11.7. The molecule has 1 unspecified atom stereocenters. The number of halogens is 1. The van der Waals surface area contributed by atoms with Crippen molar-refractivity contribution in [2.24, 2.45) is 0 Å². The van der Waals surface area contributed by atoms with E-state index in [0.717, 1.165) is 19.5 Å². The van der Waals surface area contributed by atoms with E-state index in [2.05, 4.69) is 11.8 Å². The van der Waals surface area contributed by atoms with Crippen molar-refractivity contribution in [2.45, 2.75) is 19.3 Å². The number of carboxylic acid groups (broad SMARTS) is 1. The summed E-state index contributed by atoms with van der Waals surface area (Å²) in [5.74, 6) is -1.96. The minimum Gasteiger partial charge on any atom is -0.480 e. The molecule has 0 aromatic heterocycles. The first-order valence-corrected chi connectivity index (χ1v) is 9.39. The number of hydrogen-bond acceptors (Lipinski definition) is 4. The average molecular weight is 346 g/mol. The van der Waals surface area contributed by atoms with Crippen molar-refractivity contribution >= 4 is 27.4 Å². The Bertz CT molecular complexity index is 660. The van der Waals surface area contributed by atoms with E-state index in [0.29, 0.717) is 11.6 Å². The van der Waals surface area contributed by atoms with Crippen LogP contribution in [0, 0.1) is 0 Å². The molecule has 0 bridgehead atoms. The lowest BCUT2D eigenvalue weighted by Crippen LogP contribution is -2.34. The normalized spacial score (nSPS) is 19.5. The fourth-order valence-corrected chi connectivity index (χ4v) is 4.08. The van der Waals surface area contributed by atoms with Crippen molar-refractivity contribution in [2.75, 3.05) is 31.1 Å². The Balaban J connectivity index is 2.01. The van der Waals surface area contributed by atoms with Crippen LogP contribution in [0.4, 0.5) is 0 Å². The number of fused-ring (bicyclic) bond motifs is 1. The van der Waals surface area contributed by atoms with Gasteiger partial charge in [0.15, 0.2) is 9.84 Å². The topological polar surface area (TPSA) is 74.7 Å². The third-order valence-electron chi connectivity index (χ3n) is 3.93. The summed E-state index contributed by atoms with van der Waals surface area (Å²) in [5, 5.41) is 9.32. The molecule has 1 aliphatic heterocycles. The predicted octanol–water partition coefficient (Wildman–Crippen LogP) is 1.80. The monoisotopic (exact) mass is 345 g/mol. The maximum Gasteiger partial charge on any atom is 0.318 e. The minimum atomic E-state index is -3.55. The summed E-state index contributed by atoms with van der Waals surface area (Å²) in [6.45, 7) is 3.97. The van der Waals surface area contributed by atoms with E-state index >= 15 is 0 Å². The van der Waals surface area contributed by atoms with E-state index in [1.54, 1.807) is 0 Å². The van der Waals surface area contributed by atoms with Crippen LogP contribution in [0.5, 0.6) is 0 Å². The second kappa shape index (κ2) is 6.98. The lowest BCUT2D eigenvalue weighted by Gasteiger charge is -2.22. The van der Waals surface area contributed by atoms with Crippen molar-refractivity contribution in [3.63, 3.8) is 0 Å². The summed E-state index contributed by atoms with van der Waals surface area (Å²) >= 11 is 6.05. The third-order valence-corrected chi connectivity index (χ3v) is 5.66. The van der Waals surface area contributed by atoms with Crippen LogP contribution in [0.25, 0.3) is 0 Å². The Labute approximate surface area is 135 Å². The second-order valence-electron chi connectivity index (χ2n) is 5.78. The Morgan fingerprint density at radius 2 is 2.18 bits per heavy atom. The molecule has 1 aromatic rings. The molecular weight excluding hydrogens is 326 g/mol. The van der Waals surface area contributed by atoms with Gasteiger partial charge >= 0.3 is 5.97 Å². The van der Waals surface area contributed by atoms with Gasteiger partial charge in [0, 0.05) is 24.7 Å². The second-order valence-corrected chi connectivity index (χ2v) is 8.40. The highest BCUT2D eigenvalue weighted by molar-refractivity contribution is 7.92. The summed E-state index contributed by atoms with van der Waals surface area (Å²) in [6.07, 6.45) is 0.843. The molecule has 0 fully saturated rings. The number of benzene rings is 1. The smallest absolute Gasteiger partial charge is 0.318 e. The first-order valence-electron chi connectivity index (χ1n) is 7.20. The number of carboxylic acids is 1. The van der Waals surface area contributed by atoms with Gasteiger partial charge in [0.1, 0.15) is 5.75 Å². The van der Waals surface area contributed by atoms with Crippen LogP contribution in [0.1, 0.15) is 24.0 Å². The van der Waals surface area contributed by atoms with E-state index in [9.17, 15) is 13.2 Å². The Morgan fingerprint density at radius 1 is 1.45 bits per heavy atom. The number of hydrogen-bond donors (Lipinski definition) is 1. The fraction of sp³-hybridized carbons (Fsp3) is 0.533. The molecule has 0 amide bonds. The van der Waals surface area contributed by atoms with E-state index in [1.807, 2.05) is 18.2 Å². The van der Waals surface area contributed by atoms with E-state index < -0.39 is 21.6 Å². The van der Waals surface area contributed by atoms with Crippen LogP contribution in [0.15, 0.2) is 18.2 Å². The van der Waals surface area contributed by atoms with Crippen molar-refractivity contribution in [3.8, 4) is 0 Å². The van der Waals surface area contributed by atoms with Gasteiger partial charge in [0.25, 0.3) is 0 Å². The van der Waals surface area contributed by atoms with Crippen LogP contribution in [-0.4, -0.2) is 55.5 Å². The molecule has 22 heavy (non-hydrogen) atoms. The van der Waals surface area contributed by atoms with Crippen LogP contribution in [0.2, 0.25) is 5.02 Å². The molecule has 0 radical (unpaired) electrons. The molecule has 2 rings (SSSR count). The maximum absolute atomic E-state index is 11.7. The molecule has 0 spiro atoms. The highest BCUT2D eigenvalue weighted by Crippen LogP contribution is 2.27. The SMILES string of the molecule is CC1CN(CCS(=O)(=O)CC(=O)O)CCc2ccc(Cl)cc21. The quantitative estimate of drug-likeness (QED) is 0.880. The first-order chi connectivity index (χ1) is 10.3. The zero-order chi connectivity index (χ0) is 16.3. The van der Waals surface area contributed by atoms with Crippen molar-refractivity contribution in [1.82, 2.24) is 4.90 Å². The van der Waals surface area contributed by atoms with Crippen molar-refractivity contribution in [3.05, 3.63) is 34.3 Å². The first kappa shape index (κ1) is 17.2. The van der Waals surface area contributed by atoms with Crippen LogP contribution in [0.3, 0.4) is 0 Å². The third kappa shape index (κ3) is 4.69. The molecule has 122 valence electrons. The lowest BCUT2D eigenvalue weighted by molar-refractivity contribution is -0.134. The van der Waals surface area contributed by atoms with Crippen molar-refractivity contribution in [1.29, 1.82) is 0 Å². The molecule has 0 saturated heterocycles. The van der Waals surface area contributed by atoms with Crippen LogP contribution < -0.4 is 0 Å². The van der Waals surface area contributed by atoms with Gasteiger partial charge in [-0.15, -0.1) is 0 Å². The summed E-state index contributed by atoms with van der Waals surface area (Å²) in [6, 6.07) is 5.88. The largest absolute Gasteiger partial charge is 0.480 e. The van der Waals surface area contributed by atoms with Gasteiger partial charge < -0.3 is 10.0 Å². The fourth-order valence-electron chi connectivity index (χ4n) is 2.84. The summed E-state index contributed by atoms with van der Waals surface area (Å²) in [4.78, 5) is 12.6. The van der Waals surface area contributed by atoms with Crippen molar-refractivity contribution < 1.29 is 18.3 Å². The van der Waals surface area contributed by atoms with Gasteiger partial charge in [-0.25, -0.2) is 8.42 Å². The molecule has 1 aromatic carbocycles. The van der Waals surface area contributed by atoms with Gasteiger partial charge in [-0.2, -0.15) is 0 Å². The van der Waals surface area contributed by atoms with Crippen LogP contribution in [-0.2, 0) is 21.1 Å². The molecule has 5 nitrogen and oxygen atoms in total. The minimum absolute atomic E-state index is 0.122. The van der Waals surface area contributed by atoms with Gasteiger partial charge in [0.05, 0.1) is 5.75 Å². The standard InChI is InChI=1S/C15H20ClNO4S/c1-11-9-17(6-7-22(20,21)10-15(18)19)5-4-12-2-3-13(16)8-14(11)12/h2-3,8,11H,4-7,9-10H2,1H3,(H,18,19). The van der Waals surface area contributed by atoms with Gasteiger partial charge in [-0.3, -0.25) is 4.79 Å². The number of nitrogens with zero attached hydrogens (tertiary/aromatic N) is 1. The van der Waals surface area contributed by atoms with Gasteiger partial charge in [0.2, 0.25) is 0 Å². The number of rotatable bonds is 5. The number of aliphatic carboxylic acids is 1. The summed E-state index contributed by atoms with van der Waals surface area (Å²) in [5.41, 5.74) is 2.45. The molecule has 1 heterocycles. The van der Waals surface area contributed by atoms with E-state index in [4.69, 9.17) is 16.7 Å². The predicted molar refractivity (Wildman–Crippen MR) is 86.3 cm³/mol. The highest BCUT2D eigenvalue weighted by Gasteiger charge is 2.22. The Kier molecular flexibility index (Phi) is 5.47. The highest BCUT2D eigenvalue weighted by atomic mass is 35.5. The van der Waals surface area contributed by atoms with Crippen LogP contribution >= 0.6 is 11.6 Å². The zero-order valence-corrected chi connectivity index (χ0v) is 14.0. The average Bonchev–Trinajstić information content (AvgIpc) is 2.55. The number of carbonyl (C=O) groups is 1. The van der Waals surface area contributed by atoms with Gasteiger partial charge in [-0.1, -0.05) is 24.6 Å². The zero-order valence-electron chi connectivity index (χ0n) is 12.5. The van der Waals surface area contributed by atoms with E-state index in [1.165, 1.54) is 11.1 Å². The summed E-state index contributed by atoms with van der Waals surface area (Å²) < 4.78 is 23.4. The molecule has 1 atom stereocenters. The molecule has 0 saturated carbocycles. The molecule has 1 N–H and O–H groups in total. The number of sulfone groups is 1.